The van der Waals surface area contributed by atoms with Crippen LogP contribution in [0.4, 0.5) is 0 Å². The molecule has 1 saturated carbocycles. The zero-order chi connectivity index (χ0) is 14.0. The Bertz CT molecular complexity index is 393. The highest BCUT2D eigenvalue weighted by Gasteiger charge is 2.24. The van der Waals surface area contributed by atoms with Crippen LogP contribution in [0.3, 0.4) is 0 Å². The lowest BCUT2D eigenvalue weighted by atomic mass is 9.83. The molecule has 0 bridgehead atoms. The average Bonchev–Trinajstić information content (AvgIpc) is 3.12. The maximum Gasteiger partial charge on any atom is 0.00684 e. The minimum Gasteiger partial charge on any atom is -0.313 e. The molecule has 1 aromatic carbocycles. The quantitative estimate of drug-likeness (QED) is 0.822. The van der Waals surface area contributed by atoms with Crippen molar-refractivity contribution in [1.82, 2.24) is 5.32 Å². The van der Waals surface area contributed by atoms with Gasteiger partial charge in [0.05, 0.1) is 0 Å². The third-order valence-corrected chi connectivity index (χ3v) is 4.21. The number of nitrogens with one attached hydrogen (secondary N) is 1. The lowest BCUT2D eigenvalue weighted by Gasteiger charge is -2.24. The molecule has 1 N–H and O–H groups in total. The van der Waals surface area contributed by atoms with Gasteiger partial charge < -0.3 is 5.32 Å². The first-order chi connectivity index (χ1) is 8.88. The van der Waals surface area contributed by atoms with Crippen molar-refractivity contribution in [3.05, 3.63) is 35.4 Å². The van der Waals surface area contributed by atoms with E-state index in [0.717, 1.165) is 12.6 Å². The van der Waals surface area contributed by atoms with E-state index < -0.39 is 0 Å². The van der Waals surface area contributed by atoms with Crippen LogP contribution >= 0.6 is 0 Å². The van der Waals surface area contributed by atoms with E-state index in [-0.39, 0.29) is 5.41 Å². The molecule has 2 rings (SSSR count). The minimum absolute atomic E-state index is 0.248. The molecule has 1 nitrogen and oxygen atoms in total. The maximum atomic E-state index is 3.68. The van der Waals surface area contributed by atoms with Gasteiger partial charge in [0.2, 0.25) is 0 Å². The molecule has 0 saturated heterocycles. The zero-order valence-corrected chi connectivity index (χ0v) is 13.2. The van der Waals surface area contributed by atoms with E-state index in [9.17, 15) is 0 Å². The van der Waals surface area contributed by atoms with Crippen LogP contribution in [0.5, 0.6) is 0 Å². The lowest BCUT2D eigenvalue weighted by molar-refractivity contribution is 0.460. The number of benzene rings is 1. The predicted octanol–water partition coefficient (Wildman–Crippen LogP) is 4.48. The van der Waals surface area contributed by atoms with Gasteiger partial charge >= 0.3 is 0 Å². The Morgan fingerprint density at radius 2 is 1.68 bits per heavy atom. The van der Waals surface area contributed by atoms with Crippen molar-refractivity contribution in [2.24, 2.45) is 5.92 Å². The van der Waals surface area contributed by atoms with Crippen LogP contribution in [0, 0.1) is 5.92 Å². The van der Waals surface area contributed by atoms with Gasteiger partial charge in [0.15, 0.2) is 0 Å². The molecule has 1 aliphatic rings. The first-order valence-corrected chi connectivity index (χ1v) is 7.72. The van der Waals surface area contributed by atoms with Crippen LogP contribution < -0.4 is 5.32 Å². The first-order valence-electron chi connectivity index (χ1n) is 7.72. The van der Waals surface area contributed by atoms with Crippen molar-refractivity contribution in [3.63, 3.8) is 0 Å². The Kier molecular flexibility index (Phi) is 4.35. The summed E-state index contributed by atoms with van der Waals surface area (Å²) >= 11 is 0. The third-order valence-electron chi connectivity index (χ3n) is 4.21. The van der Waals surface area contributed by atoms with E-state index in [1.54, 1.807) is 0 Å². The summed E-state index contributed by atoms with van der Waals surface area (Å²) in [4.78, 5) is 0. The molecular weight excluding hydrogens is 230 g/mol. The molecule has 0 spiro atoms. The van der Waals surface area contributed by atoms with Gasteiger partial charge in [0.25, 0.3) is 0 Å². The van der Waals surface area contributed by atoms with Crippen LogP contribution in [0.25, 0.3) is 0 Å². The van der Waals surface area contributed by atoms with Crippen molar-refractivity contribution in [1.29, 1.82) is 0 Å². The fourth-order valence-electron chi connectivity index (χ4n) is 2.55. The average molecular weight is 259 g/mol. The Morgan fingerprint density at radius 1 is 1.11 bits per heavy atom. The predicted molar refractivity (Wildman–Crippen MR) is 83.7 cm³/mol. The van der Waals surface area contributed by atoms with E-state index >= 15 is 0 Å². The molecule has 1 fully saturated rings. The molecule has 1 atom stereocenters. The molecule has 0 aliphatic heterocycles. The minimum atomic E-state index is 0.248. The van der Waals surface area contributed by atoms with Gasteiger partial charge in [-0.25, -0.2) is 0 Å². The Hall–Kier alpha value is -0.820. The molecule has 0 heterocycles. The molecule has 0 radical (unpaired) electrons. The zero-order valence-electron chi connectivity index (χ0n) is 13.2. The summed E-state index contributed by atoms with van der Waals surface area (Å²) < 4.78 is 0. The Morgan fingerprint density at radius 3 is 2.11 bits per heavy atom. The van der Waals surface area contributed by atoms with Gasteiger partial charge in [-0.2, -0.15) is 0 Å². The standard InChI is InChI=1S/C18H29N/c1-13(2)17(12-19-16-10-11-16)14-6-8-15(9-7-14)18(3,4)5/h6-9,13,16-17,19H,10-12H2,1-5H3. The number of hydrogen-bond donors (Lipinski definition) is 1. The second-order valence-electron chi connectivity index (χ2n) is 7.41. The van der Waals surface area contributed by atoms with E-state index in [1.807, 2.05) is 0 Å². The summed E-state index contributed by atoms with van der Waals surface area (Å²) in [5, 5.41) is 3.68. The molecule has 0 aromatic heterocycles. The van der Waals surface area contributed by atoms with E-state index in [4.69, 9.17) is 0 Å². The molecule has 106 valence electrons. The SMILES string of the molecule is CC(C)C(CNC1CC1)c1ccc(C(C)(C)C)cc1. The van der Waals surface area contributed by atoms with Crippen molar-refractivity contribution in [3.8, 4) is 0 Å². The molecule has 0 amide bonds. The fourth-order valence-corrected chi connectivity index (χ4v) is 2.55. The van der Waals surface area contributed by atoms with Gasteiger partial charge in [-0.3, -0.25) is 0 Å². The van der Waals surface area contributed by atoms with Crippen LogP contribution in [0.15, 0.2) is 24.3 Å². The van der Waals surface area contributed by atoms with E-state index in [1.165, 1.54) is 24.0 Å². The van der Waals surface area contributed by atoms with Gasteiger partial charge in [0, 0.05) is 12.6 Å². The van der Waals surface area contributed by atoms with Crippen LogP contribution in [0.2, 0.25) is 0 Å². The normalized spacial score (nSPS) is 17.8. The summed E-state index contributed by atoms with van der Waals surface area (Å²) in [6, 6.07) is 10.1. The van der Waals surface area contributed by atoms with Crippen molar-refractivity contribution in [2.75, 3.05) is 6.54 Å². The molecule has 1 unspecified atom stereocenters. The number of hydrogen-bond acceptors (Lipinski definition) is 1. The highest BCUT2D eigenvalue weighted by atomic mass is 14.9. The monoisotopic (exact) mass is 259 g/mol. The summed E-state index contributed by atoms with van der Waals surface area (Å²) in [6.07, 6.45) is 2.74. The molecule has 1 aromatic rings. The van der Waals surface area contributed by atoms with Gasteiger partial charge in [0.1, 0.15) is 0 Å². The summed E-state index contributed by atoms with van der Waals surface area (Å²) in [6.45, 7) is 12.6. The Balaban J connectivity index is 2.07. The lowest BCUT2D eigenvalue weighted by Crippen LogP contribution is -2.26. The first kappa shape index (κ1) is 14.6. The van der Waals surface area contributed by atoms with Crippen LogP contribution in [0.1, 0.15) is 64.5 Å². The summed E-state index contributed by atoms with van der Waals surface area (Å²) in [5.74, 6) is 1.32. The summed E-state index contributed by atoms with van der Waals surface area (Å²) in [7, 11) is 0. The van der Waals surface area contributed by atoms with Gasteiger partial charge in [-0.1, -0.05) is 58.9 Å². The smallest absolute Gasteiger partial charge is 0.00684 e. The molecule has 19 heavy (non-hydrogen) atoms. The Labute approximate surface area is 118 Å². The van der Waals surface area contributed by atoms with Gasteiger partial charge in [-0.15, -0.1) is 0 Å². The van der Waals surface area contributed by atoms with Crippen molar-refractivity contribution >= 4 is 0 Å². The van der Waals surface area contributed by atoms with E-state index in [2.05, 4.69) is 64.2 Å². The van der Waals surface area contributed by atoms with Crippen molar-refractivity contribution < 1.29 is 0 Å². The molecular formula is C18H29N. The largest absolute Gasteiger partial charge is 0.313 e. The topological polar surface area (TPSA) is 12.0 Å². The molecule has 1 aliphatic carbocycles. The number of rotatable bonds is 5. The second kappa shape index (κ2) is 5.66. The molecule has 1 heteroatoms. The van der Waals surface area contributed by atoms with Crippen molar-refractivity contribution in [2.45, 2.75) is 64.8 Å². The fraction of sp³-hybridized carbons (Fsp3) is 0.667. The third kappa shape index (κ3) is 4.07. The van der Waals surface area contributed by atoms with Crippen LogP contribution in [-0.4, -0.2) is 12.6 Å². The van der Waals surface area contributed by atoms with E-state index in [0.29, 0.717) is 11.8 Å². The highest BCUT2D eigenvalue weighted by Crippen LogP contribution is 2.29. The second-order valence-corrected chi connectivity index (χ2v) is 7.41. The highest BCUT2D eigenvalue weighted by molar-refractivity contribution is 5.30. The maximum absolute atomic E-state index is 3.68. The van der Waals surface area contributed by atoms with Crippen LogP contribution in [-0.2, 0) is 5.41 Å². The summed E-state index contributed by atoms with van der Waals surface area (Å²) in [5.41, 5.74) is 3.16. The van der Waals surface area contributed by atoms with Gasteiger partial charge in [-0.05, 0) is 41.2 Å².